The fourth-order valence-electron chi connectivity index (χ4n) is 1.90. The predicted molar refractivity (Wildman–Crippen MR) is 81.9 cm³/mol. The Morgan fingerprint density at radius 2 is 2.17 bits per heavy atom. The van der Waals surface area contributed by atoms with Gasteiger partial charge >= 0.3 is 6.03 Å². The van der Waals surface area contributed by atoms with E-state index in [9.17, 15) is 9.18 Å². The summed E-state index contributed by atoms with van der Waals surface area (Å²) in [6.07, 6.45) is 3.31. The minimum atomic E-state index is -0.463. The van der Waals surface area contributed by atoms with Gasteiger partial charge in [-0.1, -0.05) is 6.07 Å². The Morgan fingerprint density at radius 3 is 2.96 bits per heavy atom. The first kappa shape index (κ1) is 14.6. The third-order valence-electron chi connectivity index (χ3n) is 2.95. The molecule has 8 heteroatoms. The smallest absolute Gasteiger partial charge is 0.319 e. The second-order valence-corrected chi connectivity index (χ2v) is 4.67. The molecule has 1 aromatic carbocycles. The molecule has 0 saturated carbocycles. The molecule has 0 aliphatic heterocycles. The summed E-state index contributed by atoms with van der Waals surface area (Å²) in [5.74, 6) is 0.581. The Labute approximate surface area is 131 Å². The van der Waals surface area contributed by atoms with Crippen molar-refractivity contribution in [3.8, 4) is 11.4 Å². The van der Waals surface area contributed by atoms with E-state index < -0.39 is 11.8 Å². The van der Waals surface area contributed by atoms with Gasteiger partial charge in [0.1, 0.15) is 11.6 Å². The highest BCUT2D eigenvalue weighted by Gasteiger charge is 2.07. The number of rotatable bonds is 4. The van der Waals surface area contributed by atoms with E-state index in [2.05, 4.69) is 30.8 Å². The highest BCUT2D eigenvalue weighted by Crippen LogP contribution is 2.12. The molecule has 0 unspecified atom stereocenters. The average Bonchev–Trinajstić information content (AvgIpc) is 3.03. The van der Waals surface area contributed by atoms with Gasteiger partial charge < -0.3 is 10.6 Å². The molecule has 3 N–H and O–H groups in total. The monoisotopic (exact) mass is 312 g/mol. The number of carbonyl (C=O) groups is 1. The summed E-state index contributed by atoms with van der Waals surface area (Å²) in [7, 11) is 0. The molecular formula is C15H13FN6O. The van der Waals surface area contributed by atoms with Gasteiger partial charge in [0.15, 0.2) is 5.82 Å². The number of hydrogen-bond donors (Lipinski definition) is 3. The summed E-state index contributed by atoms with van der Waals surface area (Å²) in [6.45, 7) is 0.161. The van der Waals surface area contributed by atoms with Crippen molar-refractivity contribution in [1.29, 1.82) is 0 Å². The molecule has 2 amide bonds. The van der Waals surface area contributed by atoms with Gasteiger partial charge in [-0.2, -0.15) is 5.10 Å². The largest absolute Gasteiger partial charge is 0.331 e. The third kappa shape index (κ3) is 3.88. The van der Waals surface area contributed by atoms with Gasteiger partial charge in [-0.15, -0.1) is 0 Å². The molecule has 0 radical (unpaired) electrons. The topological polar surface area (TPSA) is 95.6 Å². The number of nitrogens with zero attached hydrogens (tertiary/aromatic N) is 3. The number of halogens is 1. The number of H-pyrrole nitrogens is 1. The molecule has 3 rings (SSSR count). The average molecular weight is 312 g/mol. The van der Waals surface area contributed by atoms with Crippen LogP contribution in [0.25, 0.3) is 11.4 Å². The van der Waals surface area contributed by atoms with E-state index >= 15 is 0 Å². The summed E-state index contributed by atoms with van der Waals surface area (Å²) < 4.78 is 13.0. The zero-order valence-electron chi connectivity index (χ0n) is 12.0. The molecule has 0 bridgehead atoms. The summed E-state index contributed by atoms with van der Waals surface area (Å²) >= 11 is 0. The van der Waals surface area contributed by atoms with E-state index in [1.807, 2.05) is 6.07 Å². The molecule has 0 aliphatic rings. The van der Waals surface area contributed by atoms with Crippen LogP contribution in [0.15, 0.2) is 48.8 Å². The summed E-state index contributed by atoms with van der Waals surface area (Å²) in [6, 6.07) is 8.81. The fraction of sp³-hybridized carbons (Fsp3) is 0.0667. The van der Waals surface area contributed by atoms with Crippen molar-refractivity contribution >= 4 is 11.7 Å². The molecule has 7 nitrogen and oxygen atoms in total. The molecule has 2 heterocycles. The minimum Gasteiger partial charge on any atom is -0.331 e. The number of pyridine rings is 1. The SMILES string of the molecule is O=C(NCc1nc(-c2cccnc2)n[nH]1)Nc1cccc(F)c1. The first-order valence-electron chi connectivity index (χ1n) is 6.83. The van der Waals surface area contributed by atoms with Crippen molar-refractivity contribution in [1.82, 2.24) is 25.5 Å². The van der Waals surface area contributed by atoms with Gasteiger partial charge in [-0.3, -0.25) is 10.1 Å². The van der Waals surface area contributed by atoms with Crippen LogP contribution >= 0.6 is 0 Å². The van der Waals surface area contributed by atoms with Crippen LogP contribution in [0.2, 0.25) is 0 Å². The van der Waals surface area contributed by atoms with Crippen LogP contribution < -0.4 is 10.6 Å². The molecule has 0 aliphatic carbocycles. The zero-order chi connectivity index (χ0) is 16.1. The molecule has 116 valence electrons. The molecule has 0 saturated heterocycles. The Morgan fingerprint density at radius 1 is 1.26 bits per heavy atom. The van der Waals surface area contributed by atoms with Crippen molar-refractivity contribution in [2.45, 2.75) is 6.54 Å². The number of amides is 2. The van der Waals surface area contributed by atoms with Gasteiger partial charge in [0.25, 0.3) is 0 Å². The Bertz CT molecular complexity index is 804. The molecule has 3 aromatic rings. The van der Waals surface area contributed by atoms with Crippen LogP contribution in [0.4, 0.5) is 14.9 Å². The van der Waals surface area contributed by atoms with Crippen LogP contribution in [0, 0.1) is 5.82 Å². The van der Waals surface area contributed by atoms with Gasteiger partial charge in [-0.25, -0.2) is 14.2 Å². The van der Waals surface area contributed by atoms with Gasteiger partial charge in [0, 0.05) is 23.6 Å². The van der Waals surface area contributed by atoms with Crippen LogP contribution in [-0.2, 0) is 6.54 Å². The standard InChI is InChI=1S/C15H13FN6O/c16-11-4-1-5-12(7-11)19-15(23)18-9-13-20-14(22-21-13)10-3-2-6-17-8-10/h1-8H,9H2,(H2,18,19,23)(H,20,21,22). The van der Waals surface area contributed by atoms with Crippen LogP contribution in [0.3, 0.4) is 0 Å². The van der Waals surface area contributed by atoms with E-state index in [1.165, 1.54) is 18.2 Å². The Kier molecular flexibility index (Phi) is 4.23. The van der Waals surface area contributed by atoms with Crippen molar-refractivity contribution in [2.75, 3.05) is 5.32 Å². The Hall–Kier alpha value is -3.29. The first-order valence-corrected chi connectivity index (χ1v) is 6.83. The number of nitrogens with one attached hydrogen (secondary N) is 3. The maximum atomic E-state index is 13.0. The number of benzene rings is 1. The number of carbonyl (C=O) groups excluding carboxylic acids is 1. The van der Waals surface area contributed by atoms with E-state index in [4.69, 9.17) is 0 Å². The molecule has 23 heavy (non-hydrogen) atoms. The van der Waals surface area contributed by atoms with E-state index in [-0.39, 0.29) is 6.54 Å². The maximum Gasteiger partial charge on any atom is 0.319 e. The number of hydrogen-bond acceptors (Lipinski definition) is 4. The summed E-state index contributed by atoms with van der Waals surface area (Å²) in [5, 5.41) is 11.9. The number of urea groups is 1. The normalized spacial score (nSPS) is 10.3. The predicted octanol–water partition coefficient (Wildman–Crippen LogP) is 2.33. The quantitative estimate of drug-likeness (QED) is 0.689. The molecule has 0 spiro atoms. The van der Waals surface area contributed by atoms with Crippen LogP contribution in [0.1, 0.15) is 5.82 Å². The second-order valence-electron chi connectivity index (χ2n) is 4.67. The molecule has 0 fully saturated rings. The molecule has 2 aromatic heterocycles. The lowest BCUT2D eigenvalue weighted by Gasteiger charge is -2.06. The lowest BCUT2D eigenvalue weighted by atomic mass is 10.3. The summed E-state index contributed by atoms with van der Waals surface area (Å²) in [4.78, 5) is 20.0. The second kappa shape index (κ2) is 6.65. The van der Waals surface area contributed by atoms with E-state index in [0.29, 0.717) is 17.3 Å². The van der Waals surface area contributed by atoms with Crippen LogP contribution in [0.5, 0.6) is 0 Å². The number of anilines is 1. The minimum absolute atomic E-state index is 0.161. The van der Waals surface area contributed by atoms with E-state index in [1.54, 1.807) is 24.5 Å². The third-order valence-corrected chi connectivity index (χ3v) is 2.95. The highest BCUT2D eigenvalue weighted by molar-refractivity contribution is 5.89. The highest BCUT2D eigenvalue weighted by atomic mass is 19.1. The van der Waals surface area contributed by atoms with Crippen molar-refractivity contribution in [3.05, 3.63) is 60.4 Å². The van der Waals surface area contributed by atoms with Gasteiger partial charge in [0.2, 0.25) is 0 Å². The fourth-order valence-corrected chi connectivity index (χ4v) is 1.90. The summed E-state index contributed by atoms with van der Waals surface area (Å²) in [5.41, 5.74) is 1.15. The molecular weight excluding hydrogens is 299 g/mol. The van der Waals surface area contributed by atoms with Gasteiger partial charge in [0.05, 0.1) is 6.54 Å². The lowest BCUT2D eigenvalue weighted by Crippen LogP contribution is -2.28. The van der Waals surface area contributed by atoms with Crippen LogP contribution in [-0.4, -0.2) is 26.2 Å². The number of aromatic amines is 1. The van der Waals surface area contributed by atoms with E-state index in [0.717, 1.165) is 5.56 Å². The maximum absolute atomic E-state index is 13.0. The zero-order valence-corrected chi connectivity index (χ0v) is 12.0. The van der Waals surface area contributed by atoms with Gasteiger partial charge in [-0.05, 0) is 30.3 Å². The molecule has 0 atom stereocenters. The van der Waals surface area contributed by atoms with Crippen molar-refractivity contribution in [2.24, 2.45) is 0 Å². The first-order chi connectivity index (χ1) is 11.2. The van der Waals surface area contributed by atoms with Crippen molar-refractivity contribution < 1.29 is 9.18 Å². The Balaban J connectivity index is 1.56. The number of aromatic nitrogens is 4. The van der Waals surface area contributed by atoms with Crippen molar-refractivity contribution in [3.63, 3.8) is 0 Å². The lowest BCUT2D eigenvalue weighted by molar-refractivity contribution is 0.251.